The zero-order valence-corrected chi connectivity index (χ0v) is 14.8. The van der Waals surface area contributed by atoms with E-state index in [-0.39, 0.29) is 23.1 Å². The van der Waals surface area contributed by atoms with Crippen molar-refractivity contribution in [2.24, 2.45) is 0 Å². The van der Waals surface area contributed by atoms with Gasteiger partial charge in [-0.05, 0) is 36.5 Å². The number of likely N-dealkylation sites (tertiary alicyclic amines) is 1. The second-order valence-electron chi connectivity index (χ2n) is 7.16. The van der Waals surface area contributed by atoms with Gasteiger partial charge in [0.2, 0.25) is 5.91 Å². The third-order valence-electron chi connectivity index (χ3n) is 5.90. The summed E-state index contributed by atoms with van der Waals surface area (Å²) in [6.07, 6.45) is 5.63. The number of rotatable bonds is 2. The molecule has 2 amide bonds. The highest BCUT2D eigenvalue weighted by molar-refractivity contribution is 5.94. The standard InChI is InChI=1S/C20H22N4O2/c1-21-18(25)16-12-20(17-5-3-2-4-15(16)17)7-10-24(11-8-20)19(26)14-6-9-22-23-13-14/h2-6,9,13,16H,7-8,10-12H2,1H3,(H,21,25). The lowest BCUT2D eigenvalue weighted by Crippen LogP contribution is -2.44. The first kappa shape index (κ1) is 16.7. The number of fused-ring (bicyclic) bond motifs is 2. The number of carbonyl (C=O) groups is 2. The Labute approximate surface area is 152 Å². The molecule has 2 aliphatic rings. The van der Waals surface area contributed by atoms with Crippen molar-refractivity contribution in [3.05, 3.63) is 59.4 Å². The summed E-state index contributed by atoms with van der Waals surface area (Å²) in [4.78, 5) is 26.9. The van der Waals surface area contributed by atoms with Crippen molar-refractivity contribution in [1.29, 1.82) is 0 Å². The normalized spacial score (nSPS) is 20.7. The van der Waals surface area contributed by atoms with Crippen LogP contribution in [-0.4, -0.2) is 47.0 Å². The number of piperidine rings is 1. The molecule has 6 heteroatoms. The molecular weight excluding hydrogens is 328 g/mol. The molecule has 1 aliphatic carbocycles. The van der Waals surface area contributed by atoms with E-state index in [1.807, 2.05) is 17.0 Å². The Hall–Kier alpha value is -2.76. The summed E-state index contributed by atoms with van der Waals surface area (Å²) in [5.74, 6) is -0.0116. The third-order valence-corrected chi connectivity index (χ3v) is 5.90. The van der Waals surface area contributed by atoms with E-state index in [1.54, 1.807) is 19.3 Å². The molecule has 0 saturated carbocycles. The second kappa shape index (κ2) is 6.52. The zero-order valence-electron chi connectivity index (χ0n) is 14.8. The highest BCUT2D eigenvalue weighted by atomic mass is 16.2. The first-order valence-electron chi connectivity index (χ1n) is 9.02. The molecule has 2 aromatic rings. The Morgan fingerprint density at radius 3 is 2.62 bits per heavy atom. The van der Waals surface area contributed by atoms with E-state index in [0.717, 1.165) is 24.8 Å². The summed E-state index contributed by atoms with van der Waals surface area (Å²) in [6, 6.07) is 9.98. The topological polar surface area (TPSA) is 75.2 Å². The van der Waals surface area contributed by atoms with Crippen molar-refractivity contribution in [1.82, 2.24) is 20.4 Å². The van der Waals surface area contributed by atoms with Gasteiger partial charge >= 0.3 is 0 Å². The number of benzene rings is 1. The van der Waals surface area contributed by atoms with Gasteiger partial charge in [0, 0.05) is 25.6 Å². The smallest absolute Gasteiger partial charge is 0.255 e. The summed E-state index contributed by atoms with van der Waals surface area (Å²) >= 11 is 0. The third kappa shape index (κ3) is 2.66. The molecule has 2 heterocycles. The summed E-state index contributed by atoms with van der Waals surface area (Å²) in [5.41, 5.74) is 2.99. The van der Waals surface area contributed by atoms with Gasteiger partial charge < -0.3 is 10.2 Å². The van der Waals surface area contributed by atoms with Crippen molar-refractivity contribution >= 4 is 11.8 Å². The van der Waals surface area contributed by atoms with Crippen LogP contribution in [0.2, 0.25) is 0 Å². The molecule has 1 fully saturated rings. The molecular formula is C20H22N4O2. The minimum Gasteiger partial charge on any atom is -0.359 e. The van der Waals surface area contributed by atoms with E-state index < -0.39 is 0 Å². The quantitative estimate of drug-likeness (QED) is 0.897. The Morgan fingerprint density at radius 1 is 1.15 bits per heavy atom. The van der Waals surface area contributed by atoms with Gasteiger partial charge in [-0.25, -0.2) is 0 Å². The first-order valence-corrected chi connectivity index (χ1v) is 9.02. The predicted molar refractivity (Wildman–Crippen MR) is 96.7 cm³/mol. The predicted octanol–water partition coefficient (Wildman–Crippen LogP) is 1.88. The van der Waals surface area contributed by atoms with Crippen LogP contribution in [0.5, 0.6) is 0 Å². The van der Waals surface area contributed by atoms with Gasteiger partial charge in [-0.3, -0.25) is 9.59 Å². The number of hydrogen-bond acceptors (Lipinski definition) is 4. The number of aromatic nitrogens is 2. The number of amides is 2. The van der Waals surface area contributed by atoms with E-state index in [2.05, 4.69) is 27.6 Å². The van der Waals surface area contributed by atoms with Crippen molar-refractivity contribution in [2.75, 3.05) is 20.1 Å². The molecule has 1 spiro atoms. The van der Waals surface area contributed by atoms with Crippen molar-refractivity contribution < 1.29 is 9.59 Å². The van der Waals surface area contributed by atoms with E-state index in [9.17, 15) is 9.59 Å². The van der Waals surface area contributed by atoms with E-state index in [0.29, 0.717) is 18.7 Å². The molecule has 1 atom stereocenters. The van der Waals surface area contributed by atoms with E-state index in [1.165, 1.54) is 11.8 Å². The lowest BCUT2D eigenvalue weighted by atomic mass is 9.73. The van der Waals surface area contributed by atoms with Crippen LogP contribution >= 0.6 is 0 Å². The Bertz CT molecular complexity index is 829. The van der Waals surface area contributed by atoms with Crippen molar-refractivity contribution in [3.8, 4) is 0 Å². The Balaban J connectivity index is 1.55. The van der Waals surface area contributed by atoms with Gasteiger partial charge in [0.25, 0.3) is 5.91 Å². The number of hydrogen-bond donors (Lipinski definition) is 1. The van der Waals surface area contributed by atoms with Gasteiger partial charge in [-0.1, -0.05) is 24.3 Å². The van der Waals surface area contributed by atoms with Gasteiger partial charge in [0.05, 0.1) is 23.9 Å². The van der Waals surface area contributed by atoms with Gasteiger partial charge in [-0.2, -0.15) is 10.2 Å². The Morgan fingerprint density at radius 2 is 1.92 bits per heavy atom. The van der Waals surface area contributed by atoms with Crippen LogP contribution in [-0.2, 0) is 10.2 Å². The molecule has 0 bridgehead atoms. The number of nitrogens with one attached hydrogen (secondary N) is 1. The molecule has 1 aromatic carbocycles. The van der Waals surface area contributed by atoms with Crippen LogP contribution in [0.15, 0.2) is 42.7 Å². The molecule has 4 rings (SSSR count). The fraction of sp³-hybridized carbons (Fsp3) is 0.400. The van der Waals surface area contributed by atoms with E-state index >= 15 is 0 Å². The zero-order chi connectivity index (χ0) is 18.1. The minimum atomic E-state index is -0.0946. The summed E-state index contributed by atoms with van der Waals surface area (Å²) in [5, 5.41) is 10.3. The van der Waals surface area contributed by atoms with Crippen LogP contribution in [0.25, 0.3) is 0 Å². The summed E-state index contributed by atoms with van der Waals surface area (Å²) in [7, 11) is 1.69. The van der Waals surface area contributed by atoms with Crippen LogP contribution in [0.4, 0.5) is 0 Å². The Kier molecular flexibility index (Phi) is 4.18. The lowest BCUT2D eigenvalue weighted by Gasteiger charge is -2.40. The van der Waals surface area contributed by atoms with Crippen molar-refractivity contribution in [3.63, 3.8) is 0 Å². The molecule has 26 heavy (non-hydrogen) atoms. The molecule has 1 unspecified atom stereocenters. The lowest BCUT2D eigenvalue weighted by molar-refractivity contribution is -0.122. The van der Waals surface area contributed by atoms with Crippen LogP contribution in [0, 0.1) is 0 Å². The van der Waals surface area contributed by atoms with Gasteiger partial charge in [-0.15, -0.1) is 0 Å². The molecule has 1 aliphatic heterocycles. The highest BCUT2D eigenvalue weighted by Crippen LogP contribution is 2.51. The van der Waals surface area contributed by atoms with Crippen LogP contribution in [0.1, 0.15) is 46.7 Å². The maximum absolute atomic E-state index is 12.7. The van der Waals surface area contributed by atoms with Crippen molar-refractivity contribution in [2.45, 2.75) is 30.6 Å². The number of likely N-dealkylation sites (N-methyl/N-ethyl adjacent to an activating group) is 1. The fourth-order valence-electron chi connectivity index (χ4n) is 4.51. The number of carbonyl (C=O) groups excluding carboxylic acids is 2. The maximum Gasteiger partial charge on any atom is 0.255 e. The molecule has 1 aromatic heterocycles. The molecule has 1 saturated heterocycles. The monoisotopic (exact) mass is 350 g/mol. The SMILES string of the molecule is CNC(=O)C1CC2(CCN(C(=O)c3ccnnc3)CC2)c2ccccc21. The number of nitrogens with zero attached hydrogens (tertiary/aromatic N) is 3. The largest absolute Gasteiger partial charge is 0.359 e. The first-order chi connectivity index (χ1) is 12.6. The second-order valence-corrected chi connectivity index (χ2v) is 7.16. The van der Waals surface area contributed by atoms with Gasteiger partial charge in [0.15, 0.2) is 0 Å². The van der Waals surface area contributed by atoms with Crippen LogP contribution in [0.3, 0.4) is 0 Å². The minimum absolute atomic E-state index is 0.00360. The molecule has 0 radical (unpaired) electrons. The molecule has 1 N–H and O–H groups in total. The molecule has 6 nitrogen and oxygen atoms in total. The fourth-order valence-corrected chi connectivity index (χ4v) is 4.51. The summed E-state index contributed by atoms with van der Waals surface area (Å²) in [6.45, 7) is 1.38. The average Bonchev–Trinajstić information content (AvgIpc) is 3.02. The van der Waals surface area contributed by atoms with Crippen LogP contribution < -0.4 is 5.32 Å². The highest BCUT2D eigenvalue weighted by Gasteiger charge is 2.47. The van der Waals surface area contributed by atoms with Gasteiger partial charge in [0.1, 0.15) is 0 Å². The maximum atomic E-state index is 12.7. The molecule has 134 valence electrons. The average molecular weight is 350 g/mol. The summed E-state index contributed by atoms with van der Waals surface area (Å²) < 4.78 is 0. The van der Waals surface area contributed by atoms with E-state index in [4.69, 9.17) is 0 Å².